The lowest BCUT2D eigenvalue weighted by atomic mass is 9.71. The highest BCUT2D eigenvalue weighted by Crippen LogP contribution is 2.65. The molecule has 7 aromatic rings. The van der Waals surface area contributed by atoms with Crippen LogP contribution in [0.3, 0.4) is 0 Å². The number of hydrogen-bond donors (Lipinski definition) is 0. The maximum Gasteiger partial charge on any atom is 0.195 e. The van der Waals surface area contributed by atoms with E-state index in [1.807, 2.05) is 0 Å². The lowest BCUT2D eigenvalue weighted by Crippen LogP contribution is -2.20. The van der Waals surface area contributed by atoms with Crippen LogP contribution in [0.15, 0.2) is 168 Å². The van der Waals surface area contributed by atoms with Crippen LogP contribution in [0.5, 0.6) is 0 Å². The van der Waals surface area contributed by atoms with Gasteiger partial charge in [0.05, 0.1) is 0 Å². The van der Waals surface area contributed by atoms with E-state index in [9.17, 15) is 0 Å². The van der Waals surface area contributed by atoms with Crippen molar-refractivity contribution in [2.24, 2.45) is 11.8 Å². The molecular formula is C69H64O. The summed E-state index contributed by atoms with van der Waals surface area (Å²) in [6.45, 7) is 27.5. The number of Topliss-reactive ketones (excluding diaryl/α,β-unsaturated/α-hetero) is 1. The highest BCUT2D eigenvalue weighted by Gasteiger charge is 2.51. The van der Waals surface area contributed by atoms with Crippen LogP contribution in [0.4, 0.5) is 0 Å². The number of carbonyl (C=O) groups is 1. The lowest BCUT2D eigenvalue weighted by Gasteiger charge is -2.31. The number of benzene rings is 7. The van der Waals surface area contributed by atoms with Gasteiger partial charge in [-0.2, -0.15) is 0 Å². The van der Waals surface area contributed by atoms with Gasteiger partial charge in [0.1, 0.15) is 0 Å². The lowest BCUT2D eigenvalue weighted by molar-refractivity contribution is -0.108. The minimum Gasteiger partial charge on any atom is -0.289 e. The smallest absolute Gasteiger partial charge is 0.195 e. The summed E-state index contributed by atoms with van der Waals surface area (Å²) < 4.78 is 0. The molecule has 0 heterocycles. The SMILES string of the molecule is CC(C)(C)c1cc(C2=C3C4=Cc5c(cc6c7c(cccc57)-c5c(-c7ccccc7)ccc(-c7ccccc7)c5-6)C5=CC=CC(C3=C(c3cc(C(C)(C)C)cc(C(C)(C)C)c3)C2=O)C45)cc(C(C)(C)C)c1. The Hall–Kier alpha value is -6.83. The summed E-state index contributed by atoms with van der Waals surface area (Å²) in [5.74, 6) is 0.219. The fourth-order valence-corrected chi connectivity index (χ4v) is 12.3. The Kier molecular flexibility index (Phi) is 9.57. The van der Waals surface area contributed by atoms with Gasteiger partial charge in [-0.3, -0.25) is 4.79 Å². The van der Waals surface area contributed by atoms with Gasteiger partial charge < -0.3 is 0 Å². The van der Waals surface area contributed by atoms with E-state index in [2.05, 4.69) is 241 Å². The molecular weight excluding hydrogens is 845 g/mol. The Morgan fingerprint density at radius 1 is 0.414 bits per heavy atom. The van der Waals surface area contributed by atoms with Gasteiger partial charge in [0.2, 0.25) is 0 Å². The summed E-state index contributed by atoms with van der Waals surface area (Å²) in [6, 6.07) is 50.2. The first-order chi connectivity index (χ1) is 33.2. The van der Waals surface area contributed by atoms with Crippen LogP contribution in [-0.4, -0.2) is 5.78 Å². The maximum atomic E-state index is 16.2. The molecule has 1 nitrogen and oxygen atoms in total. The van der Waals surface area contributed by atoms with Crippen molar-refractivity contribution < 1.29 is 4.79 Å². The van der Waals surface area contributed by atoms with Crippen molar-refractivity contribution in [1.29, 1.82) is 0 Å². The summed E-state index contributed by atoms with van der Waals surface area (Å²) in [7, 11) is 0. The number of carbonyl (C=O) groups excluding carboxylic acids is 1. The largest absolute Gasteiger partial charge is 0.289 e. The molecule has 0 amide bonds. The van der Waals surface area contributed by atoms with Crippen LogP contribution in [0, 0.1) is 11.8 Å². The molecule has 2 unspecified atom stereocenters. The van der Waals surface area contributed by atoms with E-state index in [1.54, 1.807) is 0 Å². The molecule has 7 aromatic carbocycles. The highest BCUT2D eigenvalue weighted by atomic mass is 16.1. The number of ketones is 1. The first-order valence-electron chi connectivity index (χ1n) is 25.5. The van der Waals surface area contributed by atoms with E-state index < -0.39 is 0 Å². The van der Waals surface area contributed by atoms with Crippen molar-refractivity contribution in [3.05, 3.63) is 213 Å². The van der Waals surface area contributed by atoms with Gasteiger partial charge in [-0.15, -0.1) is 0 Å². The quantitative estimate of drug-likeness (QED) is 0.172. The number of allylic oxidation sites excluding steroid dienone is 9. The summed E-state index contributed by atoms with van der Waals surface area (Å²) in [6.07, 6.45) is 9.61. The van der Waals surface area contributed by atoms with Gasteiger partial charge in [0, 0.05) is 23.0 Å². The standard InChI is InChI=1S/C69H64O/c1-66(2,3)43-31-41(32-44(35-43)67(4,5)6)57-63-52-28-20-26-50-53-37-55-59-49(25-19-27-51(59)61-47(39-21-15-13-16-22-39)29-30-48(62(55)61)40-23-17-14-18-24-40)54(53)38-56(60(50)52)64(63)58(65(57)70)42-33-45(68(7,8)9)36-46(34-42)69(10,11)12/h13-38,52,60H,1-12H3. The van der Waals surface area contributed by atoms with Crippen molar-refractivity contribution in [2.45, 2.75) is 105 Å². The van der Waals surface area contributed by atoms with Crippen LogP contribution in [-0.2, 0) is 26.5 Å². The average molecular weight is 909 g/mol. The normalized spacial score (nSPS) is 18.0. The Balaban J connectivity index is 1.17. The second kappa shape index (κ2) is 15.1. The molecule has 346 valence electrons. The van der Waals surface area contributed by atoms with Crippen LogP contribution >= 0.6 is 0 Å². The van der Waals surface area contributed by atoms with Gasteiger partial charge in [-0.25, -0.2) is 0 Å². The van der Waals surface area contributed by atoms with Gasteiger partial charge in [0.15, 0.2) is 5.78 Å². The molecule has 1 saturated carbocycles. The molecule has 2 atom stereocenters. The molecule has 5 aliphatic carbocycles. The Labute approximate surface area is 416 Å². The van der Waals surface area contributed by atoms with Crippen molar-refractivity contribution in [3.8, 4) is 44.5 Å². The fourth-order valence-electron chi connectivity index (χ4n) is 12.3. The zero-order valence-electron chi connectivity index (χ0n) is 43.1. The van der Waals surface area contributed by atoms with Gasteiger partial charge in [-0.05, 0) is 156 Å². The average Bonchev–Trinajstić information content (AvgIpc) is 3.94. The van der Waals surface area contributed by atoms with Crippen molar-refractivity contribution in [1.82, 2.24) is 0 Å². The highest BCUT2D eigenvalue weighted by molar-refractivity contribution is 6.48. The molecule has 70 heavy (non-hydrogen) atoms. The second-order valence-electron chi connectivity index (χ2n) is 24.8. The topological polar surface area (TPSA) is 17.1 Å². The molecule has 5 aliphatic rings. The summed E-state index contributed by atoms with van der Waals surface area (Å²) in [5.41, 5.74) is 26.0. The third kappa shape index (κ3) is 6.67. The molecule has 0 aliphatic heterocycles. The van der Waals surface area contributed by atoms with E-state index in [-0.39, 0.29) is 39.3 Å². The zero-order chi connectivity index (χ0) is 49.0. The predicted molar refractivity (Wildman–Crippen MR) is 298 cm³/mol. The molecule has 0 saturated heterocycles. The van der Waals surface area contributed by atoms with E-state index in [4.69, 9.17) is 0 Å². The number of fused-ring (bicyclic) bond motifs is 9. The molecule has 1 heteroatoms. The Bertz CT molecular complexity index is 3540. The third-order valence-electron chi connectivity index (χ3n) is 16.1. The van der Waals surface area contributed by atoms with Crippen LogP contribution in [0.25, 0.3) is 78.1 Å². The third-order valence-corrected chi connectivity index (χ3v) is 16.1. The number of hydrogen-bond acceptors (Lipinski definition) is 1. The van der Waals surface area contributed by atoms with E-state index in [0.29, 0.717) is 0 Å². The van der Waals surface area contributed by atoms with E-state index >= 15 is 4.79 Å². The minimum atomic E-state index is -0.116. The summed E-state index contributed by atoms with van der Waals surface area (Å²) >= 11 is 0. The molecule has 0 spiro atoms. The van der Waals surface area contributed by atoms with Crippen LogP contribution < -0.4 is 0 Å². The minimum absolute atomic E-state index is 0.00238. The Morgan fingerprint density at radius 3 is 1.43 bits per heavy atom. The van der Waals surface area contributed by atoms with Crippen molar-refractivity contribution >= 4 is 39.4 Å². The van der Waals surface area contributed by atoms with E-state index in [0.717, 1.165) is 27.8 Å². The van der Waals surface area contributed by atoms with Crippen LogP contribution in [0.1, 0.15) is 128 Å². The molecule has 0 bridgehead atoms. The molecule has 0 radical (unpaired) electrons. The van der Waals surface area contributed by atoms with Crippen molar-refractivity contribution in [3.63, 3.8) is 0 Å². The maximum absolute atomic E-state index is 16.2. The molecule has 1 fully saturated rings. The Morgan fingerprint density at radius 2 is 0.914 bits per heavy atom. The second-order valence-corrected chi connectivity index (χ2v) is 24.8. The number of rotatable bonds is 4. The summed E-state index contributed by atoms with van der Waals surface area (Å²) in [4.78, 5) is 16.2. The van der Waals surface area contributed by atoms with E-state index in [1.165, 1.54) is 105 Å². The first kappa shape index (κ1) is 44.4. The summed E-state index contributed by atoms with van der Waals surface area (Å²) in [5, 5.41) is 2.57. The monoisotopic (exact) mass is 908 g/mol. The first-order valence-corrected chi connectivity index (χ1v) is 25.5. The molecule has 12 rings (SSSR count). The van der Waals surface area contributed by atoms with Gasteiger partial charge in [0.25, 0.3) is 0 Å². The molecule has 0 aromatic heterocycles. The fraction of sp³-hybridized carbons (Fsp3) is 0.261. The van der Waals surface area contributed by atoms with Crippen LogP contribution in [0.2, 0.25) is 0 Å². The zero-order valence-corrected chi connectivity index (χ0v) is 43.1. The predicted octanol–water partition coefficient (Wildman–Crippen LogP) is 18.1. The van der Waals surface area contributed by atoms with Gasteiger partial charge in [-0.1, -0.05) is 229 Å². The molecule has 0 N–H and O–H groups in total. The van der Waals surface area contributed by atoms with Crippen molar-refractivity contribution in [2.75, 3.05) is 0 Å². The van der Waals surface area contributed by atoms with Gasteiger partial charge >= 0.3 is 0 Å².